The molecule has 3 nitrogen and oxygen atoms in total. The highest BCUT2D eigenvalue weighted by Gasteiger charge is 2.31. The van der Waals surface area contributed by atoms with Crippen LogP contribution in [0.15, 0.2) is 0 Å². The first-order chi connectivity index (χ1) is 7.31. The van der Waals surface area contributed by atoms with Crippen LogP contribution >= 0.6 is 0 Å². The first-order valence-corrected chi connectivity index (χ1v) is 6.38. The Kier molecular flexibility index (Phi) is 4.00. The van der Waals surface area contributed by atoms with E-state index >= 15 is 0 Å². The van der Waals surface area contributed by atoms with Gasteiger partial charge in [0.25, 0.3) is 0 Å². The summed E-state index contributed by atoms with van der Waals surface area (Å²) in [6.07, 6.45) is 3.81. The minimum Gasteiger partial charge on any atom is -0.380 e. The summed E-state index contributed by atoms with van der Waals surface area (Å²) in [7, 11) is 0. The molecule has 0 radical (unpaired) electrons. The molecule has 2 rings (SSSR count). The maximum absolute atomic E-state index is 5.49. The summed E-state index contributed by atoms with van der Waals surface area (Å²) < 4.78 is 5.49. The van der Waals surface area contributed by atoms with E-state index in [0.29, 0.717) is 18.1 Å². The molecule has 3 atom stereocenters. The van der Waals surface area contributed by atoms with Gasteiger partial charge in [0.2, 0.25) is 0 Å². The van der Waals surface area contributed by atoms with E-state index in [-0.39, 0.29) is 0 Å². The van der Waals surface area contributed by atoms with E-state index < -0.39 is 0 Å². The Morgan fingerprint density at radius 2 is 2.33 bits per heavy atom. The third kappa shape index (κ3) is 2.71. The lowest BCUT2D eigenvalue weighted by Crippen LogP contribution is -2.58. The van der Waals surface area contributed by atoms with Crippen molar-refractivity contribution in [1.29, 1.82) is 0 Å². The average Bonchev–Trinajstić information content (AvgIpc) is 2.74. The monoisotopic (exact) mass is 212 g/mol. The van der Waals surface area contributed by atoms with Crippen LogP contribution in [0.2, 0.25) is 0 Å². The minimum atomic E-state index is 0.671. The van der Waals surface area contributed by atoms with E-state index in [0.717, 1.165) is 19.8 Å². The van der Waals surface area contributed by atoms with Crippen LogP contribution < -0.4 is 5.32 Å². The van der Waals surface area contributed by atoms with Gasteiger partial charge in [-0.25, -0.2) is 0 Å². The predicted octanol–water partition coefficient (Wildman–Crippen LogP) is 1.24. The number of rotatable bonds is 3. The van der Waals surface area contributed by atoms with Crippen LogP contribution in [0.3, 0.4) is 0 Å². The Balaban J connectivity index is 1.89. The Bertz CT molecular complexity index is 192. The van der Waals surface area contributed by atoms with Gasteiger partial charge in [-0.3, -0.25) is 4.90 Å². The average molecular weight is 212 g/mol. The Morgan fingerprint density at radius 1 is 1.47 bits per heavy atom. The molecular formula is C12H24N2O. The lowest BCUT2D eigenvalue weighted by Gasteiger charge is -2.41. The molecule has 0 aromatic carbocycles. The molecule has 0 amide bonds. The van der Waals surface area contributed by atoms with Crippen LogP contribution in [0.5, 0.6) is 0 Å². The molecule has 0 bridgehead atoms. The maximum atomic E-state index is 5.49. The zero-order chi connectivity index (χ0) is 10.7. The number of ether oxygens (including phenoxy) is 1. The van der Waals surface area contributed by atoms with E-state index in [4.69, 9.17) is 4.74 Å². The van der Waals surface area contributed by atoms with E-state index in [1.807, 2.05) is 0 Å². The predicted molar refractivity (Wildman–Crippen MR) is 62.1 cm³/mol. The summed E-state index contributed by atoms with van der Waals surface area (Å²) in [6.45, 7) is 8.85. The van der Waals surface area contributed by atoms with Crippen molar-refractivity contribution in [2.75, 3.05) is 26.3 Å². The summed E-state index contributed by atoms with van der Waals surface area (Å²) in [5.74, 6) is 0. The van der Waals surface area contributed by atoms with Crippen molar-refractivity contribution in [1.82, 2.24) is 10.2 Å². The van der Waals surface area contributed by atoms with Gasteiger partial charge in [0.1, 0.15) is 0 Å². The molecule has 2 heterocycles. The molecule has 2 aliphatic heterocycles. The van der Waals surface area contributed by atoms with E-state index in [1.165, 1.54) is 25.8 Å². The van der Waals surface area contributed by atoms with Gasteiger partial charge >= 0.3 is 0 Å². The fourth-order valence-corrected chi connectivity index (χ4v) is 2.79. The zero-order valence-corrected chi connectivity index (χ0v) is 10.0. The van der Waals surface area contributed by atoms with Gasteiger partial charge < -0.3 is 10.1 Å². The summed E-state index contributed by atoms with van der Waals surface area (Å²) in [4.78, 5) is 2.66. The van der Waals surface area contributed by atoms with Gasteiger partial charge in [0, 0.05) is 37.8 Å². The second-order valence-corrected chi connectivity index (χ2v) is 4.96. The summed E-state index contributed by atoms with van der Waals surface area (Å²) in [5, 5.41) is 3.64. The van der Waals surface area contributed by atoms with Crippen molar-refractivity contribution in [2.45, 2.75) is 51.2 Å². The Morgan fingerprint density at radius 3 is 3.00 bits per heavy atom. The van der Waals surface area contributed by atoms with Gasteiger partial charge in [0.05, 0.1) is 6.61 Å². The molecule has 1 N–H and O–H groups in total. The molecule has 2 fully saturated rings. The van der Waals surface area contributed by atoms with Crippen molar-refractivity contribution in [2.24, 2.45) is 0 Å². The van der Waals surface area contributed by atoms with Crippen molar-refractivity contribution >= 4 is 0 Å². The molecule has 15 heavy (non-hydrogen) atoms. The summed E-state index contributed by atoms with van der Waals surface area (Å²) in [6, 6.07) is 2.05. The normalized spacial score (nSPS) is 38.4. The van der Waals surface area contributed by atoms with Gasteiger partial charge in [-0.05, 0) is 19.8 Å². The highest BCUT2D eigenvalue weighted by atomic mass is 16.5. The third-order valence-corrected chi connectivity index (χ3v) is 3.71. The maximum Gasteiger partial charge on any atom is 0.0622 e. The van der Waals surface area contributed by atoms with Gasteiger partial charge in [-0.15, -0.1) is 0 Å². The van der Waals surface area contributed by atoms with Gasteiger partial charge in [-0.1, -0.05) is 13.3 Å². The van der Waals surface area contributed by atoms with Gasteiger partial charge in [0.15, 0.2) is 0 Å². The smallest absolute Gasteiger partial charge is 0.0622 e. The number of piperazine rings is 1. The summed E-state index contributed by atoms with van der Waals surface area (Å²) >= 11 is 0. The summed E-state index contributed by atoms with van der Waals surface area (Å²) in [5.41, 5.74) is 0. The number of hydrogen-bond acceptors (Lipinski definition) is 3. The second-order valence-electron chi connectivity index (χ2n) is 4.96. The number of nitrogens with zero attached hydrogens (tertiary/aromatic N) is 1. The van der Waals surface area contributed by atoms with Crippen LogP contribution in [0, 0.1) is 0 Å². The first kappa shape index (κ1) is 11.4. The van der Waals surface area contributed by atoms with Crippen LogP contribution in [-0.2, 0) is 4.74 Å². The standard InChI is InChI=1S/C12H24N2O/c1-3-4-11-8-14(10(2)7-13-11)12-5-6-15-9-12/h10-13H,3-9H2,1-2H3. The lowest BCUT2D eigenvalue weighted by atomic mass is 10.0. The molecule has 0 saturated carbocycles. The molecule has 3 heteroatoms. The molecule has 88 valence electrons. The molecule has 2 aliphatic rings. The quantitative estimate of drug-likeness (QED) is 0.762. The second kappa shape index (κ2) is 5.28. The number of hydrogen-bond donors (Lipinski definition) is 1. The largest absolute Gasteiger partial charge is 0.380 e. The van der Waals surface area contributed by atoms with Crippen molar-refractivity contribution in [3.63, 3.8) is 0 Å². The molecule has 0 aliphatic carbocycles. The van der Waals surface area contributed by atoms with E-state index in [1.54, 1.807) is 0 Å². The molecule has 2 saturated heterocycles. The van der Waals surface area contributed by atoms with Crippen molar-refractivity contribution in [3.05, 3.63) is 0 Å². The van der Waals surface area contributed by atoms with Crippen LogP contribution in [0.4, 0.5) is 0 Å². The van der Waals surface area contributed by atoms with Crippen LogP contribution in [-0.4, -0.2) is 49.3 Å². The molecule has 0 aromatic heterocycles. The molecule has 0 spiro atoms. The van der Waals surface area contributed by atoms with Crippen molar-refractivity contribution in [3.8, 4) is 0 Å². The molecular weight excluding hydrogens is 188 g/mol. The topological polar surface area (TPSA) is 24.5 Å². The highest BCUT2D eigenvalue weighted by Crippen LogP contribution is 2.19. The van der Waals surface area contributed by atoms with E-state index in [2.05, 4.69) is 24.1 Å². The van der Waals surface area contributed by atoms with Gasteiger partial charge in [-0.2, -0.15) is 0 Å². The zero-order valence-electron chi connectivity index (χ0n) is 10.0. The highest BCUT2D eigenvalue weighted by molar-refractivity contribution is 4.89. The third-order valence-electron chi connectivity index (χ3n) is 3.71. The Hall–Kier alpha value is -0.120. The first-order valence-electron chi connectivity index (χ1n) is 6.38. The van der Waals surface area contributed by atoms with Crippen LogP contribution in [0.1, 0.15) is 33.1 Å². The molecule has 0 aromatic rings. The number of nitrogens with one attached hydrogen (secondary N) is 1. The fraction of sp³-hybridized carbons (Fsp3) is 1.00. The lowest BCUT2D eigenvalue weighted by molar-refractivity contribution is 0.0759. The van der Waals surface area contributed by atoms with E-state index in [9.17, 15) is 0 Å². The van der Waals surface area contributed by atoms with Crippen LogP contribution in [0.25, 0.3) is 0 Å². The minimum absolute atomic E-state index is 0.671. The molecule has 3 unspecified atom stereocenters. The SMILES string of the molecule is CCCC1CN(C2CCOC2)C(C)CN1. The Labute approximate surface area is 93.2 Å². The van der Waals surface area contributed by atoms with Crippen molar-refractivity contribution < 1.29 is 4.74 Å². The fourth-order valence-electron chi connectivity index (χ4n) is 2.79.